The predicted octanol–water partition coefficient (Wildman–Crippen LogP) is 18.1. The minimum Gasteiger partial charge on any atom is -0.457 e. The van der Waals surface area contributed by atoms with Crippen LogP contribution in [-0.2, 0) is 5.41 Å². The second kappa shape index (κ2) is 24.5. The Morgan fingerprint density at radius 2 is 0.614 bits per heavy atom. The third-order valence-electron chi connectivity index (χ3n) is 17.2. The van der Waals surface area contributed by atoms with Crippen LogP contribution in [0.5, 0.6) is 23.0 Å². The number of hydrogen-bond donors (Lipinski definition) is 0. The molecule has 0 atom stereocenters. The van der Waals surface area contributed by atoms with E-state index in [1.807, 2.05) is 0 Å². The van der Waals surface area contributed by atoms with Gasteiger partial charge in [-0.2, -0.15) is 26.3 Å². The molecule has 0 bridgehead atoms. The Balaban J connectivity index is 0.650. The van der Waals surface area contributed by atoms with E-state index in [1.165, 1.54) is 121 Å². The van der Waals surface area contributed by atoms with Crippen LogP contribution < -0.4 is 29.1 Å². The van der Waals surface area contributed by atoms with E-state index in [9.17, 15) is 58.6 Å². The van der Waals surface area contributed by atoms with Crippen LogP contribution in [-0.4, -0.2) is 69.5 Å². The van der Waals surface area contributed by atoms with Crippen LogP contribution in [0.1, 0.15) is 94.0 Å². The van der Waals surface area contributed by atoms with Crippen molar-refractivity contribution in [3.8, 4) is 45.3 Å². The number of nitrogens with zero attached hydrogens (tertiary/aromatic N) is 6. The first-order valence-electron chi connectivity index (χ1n) is 29.3. The standard InChI is InChI=1S/C71H32Br4F6N6O14/c72-53-29-39(86(96)97)30-54(73)59(53)84-61(88)47-25-7-33(27-51(47)65(84)92)45-3-1-5-49-57(45)67(94)82(63(49)90)37-13-21-43(22-14-37)100-41-17-9-35(10-18-41)69(70(76,77)78,71(79,80)81)36-11-19-42(20-12-36)101-44-23-15-38(16-24-44)83-64(91)50-6-2-4-46(58(50)68(83)95)34-8-26-48-52(28-34)66(93)85(62(48)89)60-55(74)31-40(87(98)99)32-56(60)75/h1-32H. The van der Waals surface area contributed by atoms with E-state index in [-0.39, 0.29) is 142 Å². The lowest BCUT2D eigenvalue weighted by Crippen LogP contribution is -2.54. The van der Waals surface area contributed by atoms with Crippen molar-refractivity contribution >= 4 is 145 Å². The minimum atomic E-state index is -5.99. The zero-order valence-electron chi connectivity index (χ0n) is 50.2. The van der Waals surface area contributed by atoms with Gasteiger partial charge in [0.2, 0.25) is 5.41 Å². The maximum Gasteiger partial charge on any atom is 0.411 e. The summed E-state index contributed by atoms with van der Waals surface area (Å²) >= 11 is 12.9. The number of fused-ring (bicyclic) bond motifs is 4. The molecule has 30 heteroatoms. The molecule has 14 rings (SSSR count). The lowest BCUT2D eigenvalue weighted by Gasteiger charge is -2.38. The van der Waals surface area contributed by atoms with E-state index in [0.29, 0.717) is 24.3 Å². The topological polar surface area (TPSA) is 254 Å². The molecular weight excluding hydrogens is 1590 g/mol. The Bertz CT molecular complexity index is 5050. The second-order valence-electron chi connectivity index (χ2n) is 22.8. The van der Waals surface area contributed by atoms with Gasteiger partial charge in [0.25, 0.3) is 58.6 Å². The number of nitro benzene ring substituents is 2. The summed E-state index contributed by atoms with van der Waals surface area (Å²) in [6.07, 6.45) is -12.0. The third-order valence-corrected chi connectivity index (χ3v) is 19.6. The molecule has 4 aliphatic rings. The Morgan fingerprint density at radius 1 is 0.327 bits per heavy atom. The van der Waals surface area contributed by atoms with Crippen LogP contribution in [0.2, 0.25) is 0 Å². The molecule has 0 saturated carbocycles. The van der Waals surface area contributed by atoms with Crippen molar-refractivity contribution in [3.63, 3.8) is 0 Å². The molecule has 0 saturated heterocycles. The summed E-state index contributed by atoms with van der Waals surface area (Å²) in [7, 11) is 0. The second-order valence-corrected chi connectivity index (χ2v) is 26.2. The van der Waals surface area contributed by atoms with E-state index < -0.39 is 86.0 Å². The first kappa shape index (κ1) is 66.9. The lowest BCUT2D eigenvalue weighted by molar-refractivity contribution is -0.385. The molecule has 101 heavy (non-hydrogen) atoms. The van der Waals surface area contributed by atoms with Crippen molar-refractivity contribution in [1.82, 2.24) is 0 Å². The van der Waals surface area contributed by atoms with E-state index in [1.54, 1.807) is 0 Å². The number of rotatable bonds is 14. The molecule has 0 radical (unpaired) electrons. The highest BCUT2D eigenvalue weighted by Crippen LogP contribution is 2.57. The number of nitro groups is 2. The normalized spacial score (nSPS) is 14.3. The molecule has 10 aromatic rings. The van der Waals surface area contributed by atoms with Crippen LogP contribution in [0, 0.1) is 20.2 Å². The fourth-order valence-electron chi connectivity index (χ4n) is 12.6. The summed E-state index contributed by atoms with van der Waals surface area (Å²) in [5.41, 5.74) is -6.82. The number of anilines is 4. The number of carbonyl (C=O) groups is 8. The number of carbonyl (C=O) groups excluding carboxylic acids is 8. The summed E-state index contributed by atoms with van der Waals surface area (Å²) in [6, 6.07) is 38.5. The van der Waals surface area contributed by atoms with Crippen molar-refractivity contribution in [1.29, 1.82) is 0 Å². The number of benzene rings is 10. The largest absolute Gasteiger partial charge is 0.457 e. The summed E-state index contributed by atoms with van der Waals surface area (Å²) in [6.45, 7) is 0. The van der Waals surface area contributed by atoms with E-state index >= 15 is 26.3 Å². The predicted molar refractivity (Wildman–Crippen MR) is 364 cm³/mol. The molecule has 0 fully saturated rings. The van der Waals surface area contributed by atoms with Gasteiger partial charge in [-0.15, -0.1) is 0 Å². The summed E-state index contributed by atoms with van der Waals surface area (Å²) in [5.74, 6) is -6.47. The molecule has 0 spiro atoms. The number of alkyl halides is 6. The number of non-ortho nitro benzene ring substituents is 2. The first-order chi connectivity index (χ1) is 48.0. The highest BCUT2D eigenvalue weighted by Gasteiger charge is 2.72. The quantitative estimate of drug-likeness (QED) is 0.0425. The van der Waals surface area contributed by atoms with Crippen LogP contribution in [0.15, 0.2) is 212 Å². The minimum absolute atomic E-state index is 0.00420. The van der Waals surface area contributed by atoms with Crippen LogP contribution >= 0.6 is 63.7 Å². The first-order valence-corrected chi connectivity index (χ1v) is 32.4. The molecule has 20 nitrogen and oxygen atoms in total. The summed E-state index contributed by atoms with van der Waals surface area (Å²) < 4.78 is 104. The van der Waals surface area contributed by atoms with E-state index in [0.717, 1.165) is 68.1 Å². The van der Waals surface area contributed by atoms with Gasteiger partial charge in [-0.1, -0.05) is 60.7 Å². The summed E-state index contributed by atoms with van der Waals surface area (Å²) in [5, 5.41) is 22.9. The monoisotopic (exact) mass is 1620 g/mol. The Kier molecular flexibility index (Phi) is 16.2. The van der Waals surface area contributed by atoms with Gasteiger partial charge in [0, 0.05) is 42.2 Å². The molecule has 500 valence electrons. The smallest absolute Gasteiger partial charge is 0.411 e. The lowest BCUT2D eigenvalue weighted by atomic mass is 9.73. The fraction of sp³-hybridized carbons (Fsp3) is 0.0423. The molecular formula is C71H32Br4F6N6O14. The molecule has 0 unspecified atom stereocenters. The number of imide groups is 4. The van der Waals surface area contributed by atoms with Gasteiger partial charge in [0.15, 0.2) is 0 Å². The Morgan fingerprint density at radius 3 is 0.921 bits per heavy atom. The SMILES string of the molecule is O=C1c2cccc(-c3ccc4c(c3)C(=O)N(c3c(Br)cc([N+](=O)[O-])cc3Br)C4=O)c2C(=O)N1c1ccc(Oc2ccc(C(c3ccc(Oc4ccc(N5C(=O)c6cccc(-c7ccc8c(c7)C(=O)N(c7c(Br)cc([N+](=O)[O-])cc7Br)C8=O)c6C5=O)cc4)cc3)(C(F)(F)F)C(F)(F)F)cc2)cc1. The average molecular weight is 1630 g/mol. The maximum atomic E-state index is 15.4. The number of hydrogen-bond acceptors (Lipinski definition) is 14. The van der Waals surface area contributed by atoms with Gasteiger partial charge in [-0.25, -0.2) is 19.6 Å². The van der Waals surface area contributed by atoms with Gasteiger partial charge in [-0.3, -0.25) is 58.6 Å². The number of ether oxygens (including phenoxy) is 2. The van der Waals surface area contributed by atoms with Gasteiger partial charge in [-0.05, 0) is 206 Å². The molecule has 8 amide bonds. The summed E-state index contributed by atoms with van der Waals surface area (Å²) in [4.78, 5) is 136. The van der Waals surface area contributed by atoms with Gasteiger partial charge < -0.3 is 9.47 Å². The molecule has 4 heterocycles. The number of halogens is 10. The zero-order valence-corrected chi connectivity index (χ0v) is 56.5. The Hall–Kier alpha value is -11.3. The molecule has 10 aromatic carbocycles. The molecule has 0 N–H and O–H groups in total. The van der Waals surface area contributed by atoms with Crippen molar-refractivity contribution in [3.05, 3.63) is 288 Å². The van der Waals surface area contributed by atoms with Crippen LogP contribution in [0.3, 0.4) is 0 Å². The van der Waals surface area contributed by atoms with Crippen molar-refractivity contribution in [2.75, 3.05) is 19.6 Å². The van der Waals surface area contributed by atoms with Crippen molar-refractivity contribution in [2.24, 2.45) is 0 Å². The maximum absolute atomic E-state index is 15.4. The van der Waals surface area contributed by atoms with Crippen LogP contribution in [0.25, 0.3) is 22.3 Å². The van der Waals surface area contributed by atoms with Gasteiger partial charge >= 0.3 is 12.4 Å². The average Bonchev–Trinajstić information content (AvgIpc) is 1.64. The van der Waals surface area contributed by atoms with Crippen LogP contribution in [0.4, 0.5) is 60.5 Å². The number of amides is 8. The fourth-order valence-corrected chi connectivity index (χ4v) is 15.6. The zero-order chi connectivity index (χ0) is 71.8. The van der Waals surface area contributed by atoms with E-state index in [4.69, 9.17) is 9.47 Å². The van der Waals surface area contributed by atoms with Crippen molar-refractivity contribution in [2.45, 2.75) is 17.8 Å². The molecule has 0 aliphatic carbocycles. The van der Waals surface area contributed by atoms with Gasteiger partial charge in [0.1, 0.15) is 23.0 Å². The highest BCUT2D eigenvalue weighted by molar-refractivity contribution is 9.11. The Labute approximate surface area is 595 Å². The molecule has 4 aliphatic heterocycles. The third kappa shape index (κ3) is 10.8. The van der Waals surface area contributed by atoms with E-state index in [2.05, 4.69) is 63.7 Å². The highest BCUT2D eigenvalue weighted by atomic mass is 79.9. The van der Waals surface area contributed by atoms with Gasteiger partial charge in [0.05, 0.1) is 77.1 Å². The molecule has 0 aromatic heterocycles. The van der Waals surface area contributed by atoms with Crippen molar-refractivity contribution < 1.29 is 84.0 Å².